The molecule has 1 aliphatic rings. The van der Waals surface area contributed by atoms with E-state index in [2.05, 4.69) is 6.58 Å². The molecule has 1 amide bonds. The van der Waals surface area contributed by atoms with Gasteiger partial charge in [0.05, 0.1) is 12.9 Å². The molecule has 0 saturated carbocycles. The minimum atomic E-state index is 0.180. The van der Waals surface area contributed by atoms with Gasteiger partial charge in [0.1, 0.15) is 0 Å². The first-order chi connectivity index (χ1) is 6.06. The first-order valence-electron chi connectivity index (χ1n) is 4.58. The number of rotatable bonds is 3. The molecule has 0 aromatic heterocycles. The summed E-state index contributed by atoms with van der Waals surface area (Å²) in [7, 11) is 1.60. The van der Waals surface area contributed by atoms with Crippen molar-refractivity contribution >= 4 is 5.91 Å². The van der Waals surface area contributed by atoms with Crippen LogP contribution >= 0.6 is 0 Å². The van der Waals surface area contributed by atoms with Crippen LogP contribution in [0.25, 0.3) is 0 Å². The summed E-state index contributed by atoms with van der Waals surface area (Å²) in [6.07, 6.45) is 0.546. The van der Waals surface area contributed by atoms with Gasteiger partial charge in [-0.15, -0.1) is 0 Å². The van der Waals surface area contributed by atoms with Gasteiger partial charge in [0.25, 0.3) is 0 Å². The lowest BCUT2D eigenvalue weighted by atomic mass is 10.1. The van der Waals surface area contributed by atoms with Gasteiger partial charge in [-0.1, -0.05) is 6.58 Å². The molecule has 3 heteroatoms. The molecule has 0 N–H and O–H groups in total. The highest BCUT2D eigenvalue weighted by Crippen LogP contribution is 2.25. The van der Waals surface area contributed by atoms with E-state index < -0.39 is 0 Å². The quantitative estimate of drug-likeness (QED) is 0.619. The molecule has 0 aromatic carbocycles. The van der Waals surface area contributed by atoms with Gasteiger partial charge in [-0.2, -0.15) is 0 Å². The summed E-state index contributed by atoms with van der Waals surface area (Å²) in [6.45, 7) is 8.58. The Balaban J connectivity index is 2.60. The lowest BCUT2D eigenvalue weighted by molar-refractivity contribution is -0.129. The lowest BCUT2D eigenvalue weighted by Gasteiger charge is -2.21. The van der Waals surface area contributed by atoms with Crippen LogP contribution in [0.15, 0.2) is 12.3 Å². The van der Waals surface area contributed by atoms with E-state index in [1.807, 2.05) is 18.7 Å². The number of carbonyl (C=O) groups is 1. The fourth-order valence-corrected chi connectivity index (χ4v) is 1.61. The Hall–Kier alpha value is -0.990. The number of nitrogens with zero attached hydrogens (tertiary/aromatic N) is 1. The first-order valence-corrected chi connectivity index (χ1v) is 4.58. The number of methoxy groups -OCH3 is 1. The summed E-state index contributed by atoms with van der Waals surface area (Å²) in [5.41, 5.74) is 0. The molecule has 0 bridgehead atoms. The van der Waals surface area contributed by atoms with Crippen molar-refractivity contribution in [2.45, 2.75) is 26.3 Å². The van der Waals surface area contributed by atoms with Crippen LogP contribution in [0, 0.1) is 5.92 Å². The van der Waals surface area contributed by atoms with Crippen molar-refractivity contribution in [2.24, 2.45) is 5.92 Å². The monoisotopic (exact) mass is 183 g/mol. The maximum Gasteiger partial charge on any atom is 0.223 e. The highest BCUT2D eigenvalue weighted by molar-refractivity contribution is 5.79. The zero-order chi connectivity index (χ0) is 10.0. The largest absolute Gasteiger partial charge is 0.501 e. The van der Waals surface area contributed by atoms with Gasteiger partial charge in [0.15, 0.2) is 0 Å². The van der Waals surface area contributed by atoms with Crippen LogP contribution in [0.1, 0.15) is 20.3 Å². The molecule has 3 nitrogen and oxygen atoms in total. The van der Waals surface area contributed by atoms with Gasteiger partial charge in [-0.05, 0) is 13.8 Å². The SMILES string of the molecule is C=C(OC)C1CC(=O)N(C(C)C)C1. The van der Waals surface area contributed by atoms with Gasteiger partial charge < -0.3 is 9.64 Å². The van der Waals surface area contributed by atoms with Crippen molar-refractivity contribution in [3.63, 3.8) is 0 Å². The normalized spacial score (nSPS) is 22.6. The van der Waals surface area contributed by atoms with E-state index in [1.165, 1.54) is 0 Å². The molecule has 0 spiro atoms. The van der Waals surface area contributed by atoms with E-state index in [9.17, 15) is 4.79 Å². The van der Waals surface area contributed by atoms with E-state index in [0.29, 0.717) is 6.42 Å². The van der Waals surface area contributed by atoms with Crippen molar-refractivity contribution in [3.05, 3.63) is 12.3 Å². The standard InChI is InChI=1S/C10H17NO2/c1-7(2)11-6-9(5-10(11)12)8(3)13-4/h7,9H,3,5-6H2,1-2,4H3. The van der Waals surface area contributed by atoms with Gasteiger partial charge in [-0.25, -0.2) is 0 Å². The van der Waals surface area contributed by atoms with E-state index in [4.69, 9.17) is 4.74 Å². The number of carbonyl (C=O) groups excluding carboxylic acids is 1. The summed E-state index contributed by atoms with van der Waals surface area (Å²) in [6, 6.07) is 0.280. The predicted octanol–water partition coefficient (Wildman–Crippen LogP) is 1.40. The molecule has 0 aliphatic carbocycles. The van der Waals surface area contributed by atoms with Gasteiger partial charge in [-0.3, -0.25) is 4.79 Å². The number of ether oxygens (including phenoxy) is 1. The Morgan fingerprint density at radius 2 is 2.31 bits per heavy atom. The number of amides is 1. The Morgan fingerprint density at radius 1 is 1.69 bits per heavy atom. The smallest absolute Gasteiger partial charge is 0.223 e. The van der Waals surface area contributed by atoms with Crippen LogP contribution in [0.5, 0.6) is 0 Å². The highest BCUT2D eigenvalue weighted by atomic mass is 16.5. The first kappa shape index (κ1) is 10.1. The minimum Gasteiger partial charge on any atom is -0.501 e. The fraction of sp³-hybridized carbons (Fsp3) is 0.700. The van der Waals surface area contributed by atoms with E-state index in [1.54, 1.807) is 7.11 Å². The van der Waals surface area contributed by atoms with Crippen molar-refractivity contribution in [1.82, 2.24) is 4.90 Å². The van der Waals surface area contributed by atoms with E-state index in [-0.39, 0.29) is 17.9 Å². The predicted molar refractivity (Wildman–Crippen MR) is 51.1 cm³/mol. The van der Waals surface area contributed by atoms with Crippen molar-refractivity contribution in [2.75, 3.05) is 13.7 Å². The topological polar surface area (TPSA) is 29.5 Å². The molecular formula is C10H17NO2. The van der Waals surface area contributed by atoms with E-state index >= 15 is 0 Å². The second-order valence-electron chi connectivity index (χ2n) is 3.71. The number of hydrogen-bond acceptors (Lipinski definition) is 2. The van der Waals surface area contributed by atoms with E-state index in [0.717, 1.165) is 12.3 Å². The Bertz CT molecular complexity index is 223. The molecule has 1 unspecified atom stereocenters. The molecule has 1 saturated heterocycles. The third kappa shape index (κ3) is 2.02. The summed E-state index contributed by atoms with van der Waals surface area (Å²) < 4.78 is 5.04. The molecule has 74 valence electrons. The van der Waals surface area contributed by atoms with Gasteiger partial charge >= 0.3 is 0 Å². The second kappa shape index (κ2) is 3.81. The summed E-state index contributed by atoms with van der Waals surface area (Å²) in [5.74, 6) is 1.11. The maximum absolute atomic E-state index is 11.5. The van der Waals surface area contributed by atoms with Crippen molar-refractivity contribution in [1.29, 1.82) is 0 Å². The fourth-order valence-electron chi connectivity index (χ4n) is 1.61. The Morgan fingerprint density at radius 3 is 2.69 bits per heavy atom. The zero-order valence-corrected chi connectivity index (χ0v) is 8.54. The minimum absolute atomic E-state index is 0.180. The van der Waals surface area contributed by atoms with Crippen LogP contribution in [-0.2, 0) is 9.53 Å². The lowest BCUT2D eigenvalue weighted by Crippen LogP contribution is -2.32. The van der Waals surface area contributed by atoms with Crippen LogP contribution < -0.4 is 0 Å². The Labute approximate surface area is 79.4 Å². The second-order valence-corrected chi connectivity index (χ2v) is 3.71. The molecule has 1 rings (SSSR count). The highest BCUT2D eigenvalue weighted by Gasteiger charge is 2.32. The summed E-state index contributed by atoms with van der Waals surface area (Å²) in [5, 5.41) is 0. The van der Waals surface area contributed by atoms with Gasteiger partial charge in [0.2, 0.25) is 5.91 Å². The molecule has 1 aliphatic heterocycles. The molecule has 1 atom stereocenters. The average molecular weight is 183 g/mol. The molecule has 1 fully saturated rings. The van der Waals surface area contributed by atoms with Crippen molar-refractivity contribution in [3.8, 4) is 0 Å². The van der Waals surface area contributed by atoms with Crippen LogP contribution in [0.4, 0.5) is 0 Å². The maximum atomic E-state index is 11.5. The Kier molecular flexibility index (Phi) is 2.96. The van der Waals surface area contributed by atoms with Crippen molar-refractivity contribution < 1.29 is 9.53 Å². The third-order valence-corrected chi connectivity index (χ3v) is 2.50. The third-order valence-electron chi connectivity index (χ3n) is 2.50. The molecule has 0 radical (unpaired) electrons. The zero-order valence-electron chi connectivity index (χ0n) is 8.54. The molecule has 0 aromatic rings. The number of hydrogen-bond donors (Lipinski definition) is 0. The summed E-state index contributed by atoms with van der Waals surface area (Å²) >= 11 is 0. The average Bonchev–Trinajstić information content (AvgIpc) is 2.46. The van der Waals surface area contributed by atoms with Crippen LogP contribution in [0.2, 0.25) is 0 Å². The van der Waals surface area contributed by atoms with Gasteiger partial charge in [0, 0.05) is 24.9 Å². The molecule has 13 heavy (non-hydrogen) atoms. The molecular weight excluding hydrogens is 166 g/mol. The summed E-state index contributed by atoms with van der Waals surface area (Å²) in [4.78, 5) is 13.3. The van der Waals surface area contributed by atoms with Crippen LogP contribution in [-0.4, -0.2) is 30.5 Å². The molecule has 1 heterocycles. The number of likely N-dealkylation sites (tertiary alicyclic amines) is 1. The van der Waals surface area contributed by atoms with Crippen LogP contribution in [0.3, 0.4) is 0 Å².